The van der Waals surface area contributed by atoms with E-state index in [1.807, 2.05) is 11.7 Å². The molecule has 2 N–H and O–H groups in total. The summed E-state index contributed by atoms with van der Waals surface area (Å²) in [6, 6.07) is 2.08. The summed E-state index contributed by atoms with van der Waals surface area (Å²) in [7, 11) is 1.93. The molecule has 3 rings (SSSR count). The maximum absolute atomic E-state index is 12.2. The molecule has 1 saturated carbocycles. The lowest BCUT2D eigenvalue weighted by atomic mass is 9.87. The third-order valence-electron chi connectivity index (χ3n) is 5.43. The lowest BCUT2D eigenvalue weighted by molar-refractivity contribution is -0.116. The highest BCUT2D eigenvalue weighted by Crippen LogP contribution is 2.32. The fourth-order valence-corrected chi connectivity index (χ4v) is 3.92. The third-order valence-corrected chi connectivity index (χ3v) is 5.43. The van der Waals surface area contributed by atoms with Crippen LogP contribution in [0.1, 0.15) is 69.4 Å². The normalized spacial score (nSPS) is 20.6. The van der Waals surface area contributed by atoms with Gasteiger partial charge in [-0.2, -0.15) is 5.10 Å². The van der Waals surface area contributed by atoms with Gasteiger partial charge in [0, 0.05) is 25.5 Å². The molecule has 0 spiro atoms. The Kier molecular flexibility index (Phi) is 5.70. The molecule has 1 saturated heterocycles. The van der Waals surface area contributed by atoms with E-state index in [-0.39, 0.29) is 5.91 Å². The van der Waals surface area contributed by atoms with E-state index in [1.165, 1.54) is 44.9 Å². The molecule has 5 heteroatoms. The van der Waals surface area contributed by atoms with Gasteiger partial charge in [0.25, 0.3) is 0 Å². The standard InChI is InChI=1S/C18H30N4O/c1-22-17(13-16(21-22)15-5-3-2-4-6-15)20-18(23)8-7-14-9-11-19-12-10-14/h13-15,19H,2-12H2,1H3,(H,20,23). The van der Waals surface area contributed by atoms with Crippen molar-refractivity contribution in [3.8, 4) is 0 Å². The molecular weight excluding hydrogens is 288 g/mol. The highest BCUT2D eigenvalue weighted by Gasteiger charge is 2.20. The Morgan fingerprint density at radius 2 is 2.00 bits per heavy atom. The van der Waals surface area contributed by atoms with Gasteiger partial charge in [-0.1, -0.05) is 19.3 Å². The van der Waals surface area contributed by atoms with Gasteiger partial charge in [0.2, 0.25) is 5.91 Å². The van der Waals surface area contributed by atoms with Crippen LogP contribution in [0.5, 0.6) is 0 Å². The van der Waals surface area contributed by atoms with E-state index in [2.05, 4.69) is 21.8 Å². The maximum atomic E-state index is 12.2. The quantitative estimate of drug-likeness (QED) is 0.876. The molecule has 2 fully saturated rings. The van der Waals surface area contributed by atoms with Gasteiger partial charge >= 0.3 is 0 Å². The van der Waals surface area contributed by atoms with Crippen molar-refractivity contribution in [3.63, 3.8) is 0 Å². The van der Waals surface area contributed by atoms with E-state index >= 15 is 0 Å². The number of anilines is 1. The van der Waals surface area contributed by atoms with Crippen molar-refractivity contribution < 1.29 is 4.79 Å². The van der Waals surface area contributed by atoms with Crippen LogP contribution in [0.4, 0.5) is 5.82 Å². The number of carbonyl (C=O) groups is 1. The number of nitrogens with one attached hydrogen (secondary N) is 2. The zero-order valence-corrected chi connectivity index (χ0v) is 14.3. The Balaban J connectivity index is 1.50. The van der Waals surface area contributed by atoms with Crippen LogP contribution in [0.3, 0.4) is 0 Å². The monoisotopic (exact) mass is 318 g/mol. The maximum Gasteiger partial charge on any atom is 0.225 e. The summed E-state index contributed by atoms with van der Waals surface area (Å²) in [5.41, 5.74) is 1.15. The average molecular weight is 318 g/mol. The number of hydrogen-bond acceptors (Lipinski definition) is 3. The summed E-state index contributed by atoms with van der Waals surface area (Å²) in [5.74, 6) is 2.25. The first-order valence-corrected chi connectivity index (χ1v) is 9.27. The van der Waals surface area contributed by atoms with E-state index < -0.39 is 0 Å². The highest BCUT2D eigenvalue weighted by atomic mass is 16.1. The van der Waals surface area contributed by atoms with E-state index in [1.54, 1.807) is 0 Å². The highest BCUT2D eigenvalue weighted by molar-refractivity contribution is 5.89. The van der Waals surface area contributed by atoms with Crippen molar-refractivity contribution in [2.45, 2.75) is 63.7 Å². The molecule has 0 aromatic carbocycles. The number of piperidine rings is 1. The van der Waals surface area contributed by atoms with Gasteiger partial charge < -0.3 is 10.6 Å². The number of hydrogen-bond donors (Lipinski definition) is 2. The minimum Gasteiger partial charge on any atom is -0.317 e. The first-order chi connectivity index (χ1) is 11.2. The molecule has 1 aliphatic heterocycles. The Hall–Kier alpha value is -1.36. The lowest BCUT2D eigenvalue weighted by Crippen LogP contribution is -2.28. The SMILES string of the molecule is Cn1nc(C2CCCCC2)cc1NC(=O)CCC1CCNCC1. The van der Waals surface area contributed by atoms with Crippen LogP contribution < -0.4 is 10.6 Å². The van der Waals surface area contributed by atoms with Gasteiger partial charge in [-0.3, -0.25) is 9.48 Å². The fourth-order valence-electron chi connectivity index (χ4n) is 3.92. The molecule has 2 aliphatic rings. The second-order valence-electron chi connectivity index (χ2n) is 7.19. The molecule has 5 nitrogen and oxygen atoms in total. The van der Waals surface area contributed by atoms with E-state index in [0.29, 0.717) is 18.3 Å². The molecule has 0 unspecified atom stereocenters. The molecule has 1 aromatic rings. The summed E-state index contributed by atoms with van der Waals surface area (Å²) in [6.45, 7) is 2.19. The van der Waals surface area contributed by atoms with Crippen LogP contribution in [-0.4, -0.2) is 28.8 Å². The van der Waals surface area contributed by atoms with Crippen molar-refractivity contribution in [1.82, 2.24) is 15.1 Å². The van der Waals surface area contributed by atoms with Gasteiger partial charge in [0.15, 0.2) is 0 Å². The molecule has 0 atom stereocenters. The molecule has 1 amide bonds. The molecule has 23 heavy (non-hydrogen) atoms. The predicted molar refractivity (Wildman–Crippen MR) is 92.5 cm³/mol. The van der Waals surface area contributed by atoms with Crippen LogP contribution in [0, 0.1) is 5.92 Å². The largest absolute Gasteiger partial charge is 0.317 e. The molecule has 0 bridgehead atoms. The van der Waals surface area contributed by atoms with Crippen LogP contribution in [-0.2, 0) is 11.8 Å². The number of rotatable bonds is 5. The van der Waals surface area contributed by atoms with Gasteiger partial charge in [0.05, 0.1) is 5.69 Å². The third kappa shape index (κ3) is 4.56. The predicted octanol–water partition coefficient (Wildman–Crippen LogP) is 3.19. The molecular formula is C18H30N4O. The summed E-state index contributed by atoms with van der Waals surface area (Å²) >= 11 is 0. The van der Waals surface area contributed by atoms with Gasteiger partial charge in [-0.05, 0) is 51.1 Å². The van der Waals surface area contributed by atoms with Crippen molar-refractivity contribution in [2.75, 3.05) is 18.4 Å². The van der Waals surface area contributed by atoms with Crippen LogP contribution in [0.25, 0.3) is 0 Å². The zero-order valence-electron chi connectivity index (χ0n) is 14.3. The molecule has 128 valence electrons. The Labute approximate surface area is 139 Å². The van der Waals surface area contributed by atoms with Crippen molar-refractivity contribution in [2.24, 2.45) is 13.0 Å². The Morgan fingerprint density at radius 1 is 1.26 bits per heavy atom. The van der Waals surface area contributed by atoms with Crippen molar-refractivity contribution >= 4 is 11.7 Å². The summed E-state index contributed by atoms with van der Waals surface area (Å²) in [5, 5.41) is 11.1. The van der Waals surface area contributed by atoms with Gasteiger partial charge in [-0.15, -0.1) is 0 Å². The topological polar surface area (TPSA) is 59.0 Å². The first-order valence-electron chi connectivity index (χ1n) is 9.27. The summed E-state index contributed by atoms with van der Waals surface area (Å²) in [4.78, 5) is 12.2. The second-order valence-corrected chi connectivity index (χ2v) is 7.19. The van der Waals surface area contributed by atoms with Crippen LogP contribution >= 0.6 is 0 Å². The smallest absolute Gasteiger partial charge is 0.225 e. The number of aromatic nitrogens is 2. The van der Waals surface area contributed by atoms with E-state index in [4.69, 9.17) is 0 Å². The zero-order chi connectivity index (χ0) is 16.1. The minimum atomic E-state index is 0.127. The second kappa shape index (κ2) is 7.95. The van der Waals surface area contributed by atoms with E-state index in [0.717, 1.165) is 31.0 Å². The minimum absolute atomic E-state index is 0.127. The van der Waals surface area contributed by atoms with Gasteiger partial charge in [-0.25, -0.2) is 0 Å². The van der Waals surface area contributed by atoms with E-state index in [9.17, 15) is 4.79 Å². The van der Waals surface area contributed by atoms with Crippen LogP contribution in [0.2, 0.25) is 0 Å². The number of aryl methyl sites for hydroxylation is 1. The first kappa shape index (κ1) is 16.5. The molecule has 1 aliphatic carbocycles. The van der Waals surface area contributed by atoms with Crippen molar-refractivity contribution in [3.05, 3.63) is 11.8 Å². The number of carbonyl (C=O) groups excluding carboxylic acids is 1. The number of amides is 1. The Bertz CT molecular complexity index is 513. The fraction of sp³-hybridized carbons (Fsp3) is 0.778. The van der Waals surface area contributed by atoms with Gasteiger partial charge in [0.1, 0.15) is 5.82 Å². The molecule has 1 aromatic heterocycles. The molecule has 0 radical (unpaired) electrons. The number of nitrogens with zero attached hydrogens (tertiary/aromatic N) is 2. The average Bonchev–Trinajstić information content (AvgIpc) is 2.95. The Morgan fingerprint density at radius 3 is 2.74 bits per heavy atom. The lowest BCUT2D eigenvalue weighted by Gasteiger charge is -2.22. The van der Waals surface area contributed by atoms with Crippen molar-refractivity contribution in [1.29, 1.82) is 0 Å². The summed E-state index contributed by atoms with van der Waals surface area (Å²) < 4.78 is 1.83. The summed E-state index contributed by atoms with van der Waals surface area (Å²) in [6.07, 6.45) is 10.5. The van der Waals surface area contributed by atoms with Crippen LogP contribution in [0.15, 0.2) is 6.07 Å². The molecule has 2 heterocycles.